The van der Waals surface area contributed by atoms with Gasteiger partial charge in [-0.2, -0.15) is 0 Å². The summed E-state index contributed by atoms with van der Waals surface area (Å²) in [6.45, 7) is 16.9. The van der Waals surface area contributed by atoms with Crippen LogP contribution in [0.1, 0.15) is 78.5 Å². The second-order valence-electron chi connectivity index (χ2n) is 11.4. The zero-order valence-corrected chi connectivity index (χ0v) is 25.1. The molecule has 0 saturated carbocycles. The Bertz CT molecular complexity index is 1150. The molecule has 0 aliphatic carbocycles. The SMILES string of the molecule is C=Cc1cccc(C(C(=O)Nc2ccc(OC)cc2)N(C(=O)C(C)NC(=O)OC(C)(C)C)C(C)CCC(C)C)c1. The summed E-state index contributed by atoms with van der Waals surface area (Å²) in [6, 6.07) is 12.2. The van der Waals surface area contributed by atoms with E-state index in [1.54, 1.807) is 70.0 Å². The Hall–Kier alpha value is -3.81. The van der Waals surface area contributed by atoms with Gasteiger partial charge in [0, 0.05) is 11.7 Å². The molecular weight excluding hydrogens is 506 g/mol. The van der Waals surface area contributed by atoms with Crippen molar-refractivity contribution in [2.75, 3.05) is 12.4 Å². The molecular formula is C32H45N3O5. The highest BCUT2D eigenvalue weighted by Gasteiger charge is 2.37. The van der Waals surface area contributed by atoms with E-state index in [0.29, 0.717) is 29.3 Å². The van der Waals surface area contributed by atoms with Gasteiger partial charge in [-0.05, 0) is 94.8 Å². The third kappa shape index (κ3) is 9.74. The van der Waals surface area contributed by atoms with Gasteiger partial charge < -0.3 is 25.0 Å². The summed E-state index contributed by atoms with van der Waals surface area (Å²) in [4.78, 5) is 42.2. The Kier molecular flexibility index (Phi) is 11.8. The third-order valence-corrected chi connectivity index (χ3v) is 6.34. The Morgan fingerprint density at radius 1 is 1.00 bits per heavy atom. The first-order valence-electron chi connectivity index (χ1n) is 13.7. The molecule has 0 saturated heterocycles. The van der Waals surface area contributed by atoms with Gasteiger partial charge in [0.2, 0.25) is 5.91 Å². The van der Waals surface area contributed by atoms with E-state index < -0.39 is 23.8 Å². The maximum atomic E-state index is 14.1. The molecule has 0 aliphatic rings. The van der Waals surface area contributed by atoms with Crippen LogP contribution in [0.3, 0.4) is 0 Å². The molecule has 2 aromatic rings. The highest BCUT2D eigenvalue weighted by molar-refractivity contribution is 5.99. The molecule has 0 aliphatic heterocycles. The number of ether oxygens (including phenoxy) is 2. The number of hydrogen-bond acceptors (Lipinski definition) is 5. The number of rotatable bonds is 12. The summed E-state index contributed by atoms with van der Waals surface area (Å²) in [5, 5.41) is 5.62. The van der Waals surface area contributed by atoms with Crippen LogP contribution >= 0.6 is 0 Å². The van der Waals surface area contributed by atoms with Crippen LogP contribution in [0.2, 0.25) is 0 Å². The fourth-order valence-corrected chi connectivity index (χ4v) is 4.26. The summed E-state index contributed by atoms with van der Waals surface area (Å²) >= 11 is 0. The molecule has 0 fully saturated rings. The molecule has 3 atom stereocenters. The monoisotopic (exact) mass is 551 g/mol. The number of benzene rings is 2. The van der Waals surface area contributed by atoms with E-state index in [1.165, 1.54) is 0 Å². The third-order valence-electron chi connectivity index (χ3n) is 6.34. The van der Waals surface area contributed by atoms with E-state index in [1.807, 2.05) is 31.2 Å². The molecule has 8 nitrogen and oxygen atoms in total. The van der Waals surface area contributed by atoms with Gasteiger partial charge >= 0.3 is 6.09 Å². The zero-order valence-electron chi connectivity index (χ0n) is 25.1. The van der Waals surface area contributed by atoms with E-state index in [9.17, 15) is 14.4 Å². The highest BCUT2D eigenvalue weighted by atomic mass is 16.6. The summed E-state index contributed by atoms with van der Waals surface area (Å²) in [6.07, 6.45) is 2.54. The number of carbonyl (C=O) groups excluding carboxylic acids is 3. The van der Waals surface area contributed by atoms with Crippen molar-refractivity contribution < 1.29 is 23.9 Å². The summed E-state index contributed by atoms with van der Waals surface area (Å²) in [5.41, 5.74) is 1.31. The van der Waals surface area contributed by atoms with E-state index in [0.717, 1.165) is 12.0 Å². The van der Waals surface area contributed by atoms with E-state index >= 15 is 0 Å². The molecule has 2 rings (SSSR count). The van der Waals surface area contributed by atoms with E-state index in [-0.39, 0.29) is 17.9 Å². The molecule has 0 spiro atoms. The molecule has 2 aromatic carbocycles. The minimum absolute atomic E-state index is 0.309. The Morgan fingerprint density at radius 2 is 1.65 bits per heavy atom. The average molecular weight is 552 g/mol. The van der Waals surface area contributed by atoms with Gasteiger partial charge in [-0.3, -0.25) is 9.59 Å². The van der Waals surface area contributed by atoms with E-state index in [2.05, 4.69) is 31.1 Å². The Labute approximate surface area is 239 Å². The lowest BCUT2D eigenvalue weighted by Gasteiger charge is -2.38. The fourth-order valence-electron chi connectivity index (χ4n) is 4.26. The maximum Gasteiger partial charge on any atom is 0.408 e. The van der Waals surface area contributed by atoms with Gasteiger partial charge in [0.1, 0.15) is 23.4 Å². The topological polar surface area (TPSA) is 97.0 Å². The fraction of sp³-hybridized carbons (Fsp3) is 0.469. The van der Waals surface area contributed by atoms with Crippen LogP contribution in [-0.4, -0.2) is 47.6 Å². The standard InChI is InChI=1S/C32H45N3O5/c1-10-24-12-11-13-25(20-24)28(29(36)34-26-16-18-27(39-9)19-17-26)35(22(4)15-14-21(2)3)30(37)23(5)33-31(38)40-32(6,7)8/h10-13,16-23,28H,1,14-15H2,2-9H3,(H,33,38)(H,34,36). The second-order valence-corrected chi connectivity index (χ2v) is 11.4. The van der Waals surface area contributed by atoms with Crippen molar-refractivity contribution in [3.8, 4) is 5.75 Å². The first-order valence-corrected chi connectivity index (χ1v) is 13.7. The van der Waals surface area contributed by atoms with Crippen LogP contribution in [0.5, 0.6) is 5.75 Å². The molecule has 40 heavy (non-hydrogen) atoms. The number of amides is 3. The molecule has 8 heteroatoms. The van der Waals surface area contributed by atoms with Crippen LogP contribution in [0, 0.1) is 5.92 Å². The zero-order chi connectivity index (χ0) is 30.0. The quantitative estimate of drug-likeness (QED) is 0.310. The van der Waals surface area contributed by atoms with Crippen molar-refractivity contribution in [3.63, 3.8) is 0 Å². The van der Waals surface area contributed by atoms with Gasteiger partial charge in [-0.25, -0.2) is 4.79 Å². The van der Waals surface area contributed by atoms with Crippen molar-refractivity contribution in [2.24, 2.45) is 5.92 Å². The molecule has 3 unspecified atom stereocenters. The van der Waals surface area contributed by atoms with Gasteiger partial charge in [-0.1, -0.05) is 44.7 Å². The van der Waals surface area contributed by atoms with Crippen molar-refractivity contribution in [2.45, 2.75) is 85.0 Å². The van der Waals surface area contributed by atoms with Crippen LogP contribution in [0.25, 0.3) is 6.08 Å². The molecule has 0 bridgehead atoms. The van der Waals surface area contributed by atoms with Gasteiger partial charge in [0.05, 0.1) is 7.11 Å². The van der Waals surface area contributed by atoms with Crippen molar-refractivity contribution in [1.29, 1.82) is 0 Å². The van der Waals surface area contributed by atoms with Gasteiger partial charge in [0.25, 0.3) is 5.91 Å². The molecule has 218 valence electrons. The first kappa shape index (κ1) is 32.4. The highest BCUT2D eigenvalue weighted by Crippen LogP contribution is 2.30. The van der Waals surface area contributed by atoms with Crippen LogP contribution in [-0.2, 0) is 14.3 Å². The molecule has 0 radical (unpaired) electrons. The van der Waals surface area contributed by atoms with Crippen LogP contribution in [0.4, 0.5) is 10.5 Å². The van der Waals surface area contributed by atoms with Crippen LogP contribution < -0.4 is 15.4 Å². The smallest absolute Gasteiger partial charge is 0.408 e. The van der Waals surface area contributed by atoms with Gasteiger partial charge in [0.15, 0.2) is 0 Å². The average Bonchev–Trinajstić information content (AvgIpc) is 2.89. The Balaban J connectivity index is 2.54. The lowest BCUT2D eigenvalue weighted by Crippen LogP contribution is -2.54. The maximum absolute atomic E-state index is 14.1. The molecule has 0 aromatic heterocycles. The summed E-state index contributed by atoms with van der Waals surface area (Å²) < 4.78 is 10.6. The second kappa shape index (κ2) is 14.5. The van der Waals surface area contributed by atoms with Crippen molar-refractivity contribution >= 4 is 29.7 Å². The number of nitrogens with one attached hydrogen (secondary N) is 2. The minimum atomic E-state index is -0.973. The number of nitrogens with zero attached hydrogens (tertiary/aromatic N) is 1. The first-order chi connectivity index (χ1) is 18.7. The van der Waals surface area contributed by atoms with Crippen LogP contribution in [0.15, 0.2) is 55.1 Å². The van der Waals surface area contributed by atoms with Crippen molar-refractivity contribution in [3.05, 3.63) is 66.2 Å². The molecule has 2 N–H and O–H groups in total. The number of anilines is 1. The summed E-state index contributed by atoms with van der Waals surface area (Å²) in [7, 11) is 1.57. The predicted molar refractivity (Wildman–Crippen MR) is 160 cm³/mol. The lowest BCUT2D eigenvalue weighted by atomic mass is 9.96. The van der Waals surface area contributed by atoms with E-state index in [4.69, 9.17) is 9.47 Å². The Morgan fingerprint density at radius 3 is 2.20 bits per heavy atom. The minimum Gasteiger partial charge on any atom is -0.497 e. The number of hydrogen-bond donors (Lipinski definition) is 2. The summed E-state index contributed by atoms with van der Waals surface area (Å²) in [5.74, 6) is 0.309. The van der Waals surface area contributed by atoms with Gasteiger partial charge in [-0.15, -0.1) is 0 Å². The number of alkyl carbamates (subject to hydrolysis) is 1. The number of carbonyl (C=O) groups is 3. The molecule has 3 amide bonds. The largest absolute Gasteiger partial charge is 0.497 e. The number of methoxy groups -OCH3 is 1. The molecule has 0 heterocycles. The predicted octanol–water partition coefficient (Wildman–Crippen LogP) is 6.58. The normalized spacial score (nSPS) is 13.5. The lowest BCUT2D eigenvalue weighted by molar-refractivity contribution is -0.143. The van der Waals surface area contributed by atoms with Crippen molar-refractivity contribution in [1.82, 2.24) is 10.2 Å².